The number of nitrogens with zero attached hydrogens (tertiary/aromatic N) is 1. The van der Waals surface area contributed by atoms with E-state index in [0.717, 1.165) is 30.2 Å². The van der Waals surface area contributed by atoms with Crippen molar-refractivity contribution in [2.45, 2.75) is 13.5 Å². The van der Waals surface area contributed by atoms with Crippen LogP contribution in [0.4, 0.5) is 0 Å². The molecule has 0 aliphatic carbocycles. The molecule has 2 unspecified atom stereocenters. The minimum absolute atomic E-state index is 0.191. The van der Waals surface area contributed by atoms with Crippen LogP contribution in [0.5, 0.6) is 11.5 Å². The van der Waals surface area contributed by atoms with Crippen LogP contribution < -0.4 is 4.74 Å². The Morgan fingerprint density at radius 1 is 1.13 bits per heavy atom. The van der Waals surface area contributed by atoms with Crippen molar-refractivity contribution in [3.63, 3.8) is 0 Å². The molecule has 2 aromatic rings. The number of hydrogen-bond donors (Lipinski definition) is 1. The monoisotopic (exact) mass is 311 g/mol. The van der Waals surface area contributed by atoms with Crippen molar-refractivity contribution in [3.8, 4) is 11.5 Å². The molecule has 1 N–H and O–H groups in total. The molecule has 2 aromatic carbocycles. The molecule has 0 aromatic heterocycles. The summed E-state index contributed by atoms with van der Waals surface area (Å²) in [7, 11) is 0. The highest BCUT2D eigenvalue weighted by atomic mass is 16.5. The Morgan fingerprint density at radius 2 is 1.87 bits per heavy atom. The zero-order chi connectivity index (χ0) is 16.2. The SMILES string of the molecule is CC1CN(Cc2cccc(Oc3ccccc3)c2)CC1C(=O)O. The molecule has 1 saturated heterocycles. The maximum Gasteiger partial charge on any atom is 0.308 e. The summed E-state index contributed by atoms with van der Waals surface area (Å²) in [4.78, 5) is 13.4. The Kier molecular flexibility index (Phi) is 4.63. The molecule has 120 valence electrons. The van der Waals surface area contributed by atoms with Crippen LogP contribution in [0.1, 0.15) is 12.5 Å². The molecular formula is C19H21NO3. The highest BCUT2D eigenvalue weighted by molar-refractivity contribution is 5.71. The van der Waals surface area contributed by atoms with Crippen molar-refractivity contribution in [1.82, 2.24) is 4.90 Å². The molecule has 0 amide bonds. The highest BCUT2D eigenvalue weighted by Crippen LogP contribution is 2.26. The average molecular weight is 311 g/mol. The lowest BCUT2D eigenvalue weighted by Gasteiger charge is -2.16. The molecule has 3 rings (SSSR count). The Hall–Kier alpha value is -2.33. The number of rotatable bonds is 5. The van der Waals surface area contributed by atoms with Gasteiger partial charge in [0.15, 0.2) is 0 Å². The number of carbonyl (C=O) groups is 1. The van der Waals surface area contributed by atoms with E-state index in [9.17, 15) is 9.90 Å². The molecule has 1 fully saturated rings. The Bertz CT molecular complexity index is 671. The van der Waals surface area contributed by atoms with Gasteiger partial charge in [-0.05, 0) is 35.7 Å². The van der Waals surface area contributed by atoms with Gasteiger partial charge in [-0.3, -0.25) is 9.69 Å². The Balaban J connectivity index is 1.65. The standard InChI is InChI=1S/C19H21NO3/c1-14-11-20(13-18(14)19(21)22)12-15-6-5-9-17(10-15)23-16-7-3-2-4-8-16/h2-10,14,18H,11-13H2,1H3,(H,21,22). The second kappa shape index (κ2) is 6.84. The number of benzene rings is 2. The summed E-state index contributed by atoms with van der Waals surface area (Å²) in [5.74, 6) is 0.845. The van der Waals surface area contributed by atoms with E-state index >= 15 is 0 Å². The first-order valence-electron chi connectivity index (χ1n) is 7.89. The molecule has 4 nitrogen and oxygen atoms in total. The first kappa shape index (κ1) is 15.6. The van der Waals surface area contributed by atoms with Gasteiger partial charge in [0.1, 0.15) is 11.5 Å². The van der Waals surface area contributed by atoms with Crippen LogP contribution >= 0.6 is 0 Å². The molecule has 1 aliphatic heterocycles. The lowest BCUT2D eigenvalue weighted by atomic mass is 9.99. The second-order valence-corrected chi connectivity index (χ2v) is 6.18. The van der Waals surface area contributed by atoms with Crippen molar-refractivity contribution < 1.29 is 14.6 Å². The van der Waals surface area contributed by atoms with Crippen molar-refractivity contribution >= 4 is 5.97 Å². The first-order chi connectivity index (χ1) is 11.1. The van der Waals surface area contributed by atoms with E-state index in [4.69, 9.17) is 4.74 Å². The third-order valence-corrected chi connectivity index (χ3v) is 4.29. The summed E-state index contributed by atoms with van der Waals surface area (Å²) in [5.41, 5.74) is 1.14. The quantitative estimate of drug-likeness (QED) is 0.916. The molecule has 0 saturated carbocycles. The van der Waals surface area contributed by atoms with E-state index in [-0.39, 0.29) is 11.8 Å². The van der Waals surface area contributed by atoms with Gasteiger partial charge in [0.25, 0.3) is 0 Å². The van der Waals surface area contributed by atoms with Crippen LogP contribution in [0.15, 0.2) is 54.6 Å². The van der Waals surface area contributed by atoms with E-state index in [1.165, 1.54) is 0 Å². The Morgan fingerprint density at radius 3 is 2.57 bits per heavy atom. The van der Waals surface area contributed by atoms with Crippen LogP contribution in [0, 0.1) is 11.8 Å². The highest BCUT2D eigenvalue weighted by Gasteiger charge is 2.34. The van der Waals surface area contributed by atoms with Crippen LogP contribution in [0.3, 0.4) is 0 Å². The van der Waals surface area contributed by atoms with Crippen molar-refractivity contribution in [2.24, 2.45) is 11.8 Å². The fourth-order valence-electron chi connectivity index (χ4n) is 3.11. The molecule has 1 heterocycles. The molecule has 0 bridgehead atoms. The van der Waals surface area contributed by atoms with Gasteiger partial charge in [-0.1, -0.05) is 37.3 Å². The lowest BCUT2D eigenvalue weighted by Crippen LogP contribution is -2.23. The number of aliphatic carboxylic acids is 1. The van der Waals surface area contributed by atoms with Gasteiger partial charge in [-0.15, -0.1) is 0 Å². The average Bonchev–Trinajstić information content (AvgIpc) is 2.89. The normalized spacial score (nSPS) is 21.3. The van der Waals surface area contributed by atoms with Crippen LogP contribution in [0.2, 0.25) is 0 Å². The predicted octanol–water partition coefficient (Wildman–Crippen LogP) is 3.63. The summed E-state index contributed by atoms with van der Waals surface area (Å²) >= 11 is 0. The van der Waals surface area contributed by atoms with E-state index in [2.05, 4.69) is 11.0 Å². The zero-order valence-electron chi connectivity index (χ0n) is 13.2. The minimum atomic E-state index is -0.693. The van der Waals surface area contributed by atoms with Gasteiger partial charge in [-0.2, -0.15) is 0 Å². The number of carboxylic acid groups (broad SMARTS) is 1. The number of hydrogen-bond acceptors (Lipinski definition) is 3. The number of likely N-dealkylation sites (tertiary alicyclic amines) is 1. The molecular weight excluding hydrogens is 290 g/mol. The first-order valence-corrected chi connectivity index (χ1v) is 7.89. The molecule has 2 atom stereocenters. The third kappa shape index (κ3) is 3.90. The van der Waals surface area contributed by atoms with E-state index in [1.807, 2.05) is 55.5 Å². The summed E-state index contributed by atoms with van der Waals surface area (Å²) < 4.78 is 5.85. The van der Waals surface area contributed by atoms with Gasteiger partial charge in [0.2, 0.25) is 0 Å². The van der Waals surface area contributed by atoms with Crippen molar-refractivity contribution in [2.75, 3.05) is 13.1 Å². The molecule has 1 aliphatic rings. The van der Waals surface area contributed by atoms with Gasteiger partial charge in [0, 0.05) is 19.6 Å². The smallest absolute Gasteiger partial charge is 0.308 e. The molecule has 23 heavy (non-hydrogen) atoms. The largest absolute Gasteiger partial charge is 0.481 e. The van der Waals surface area contributed by atoms with Crippen LogP contribution in [-0.4, -0.2) is 29.1 Å². The van der Waals surface area contributed by atoms with E-state index < -0.39 is 5.97 Å². The van der Waals surface area contributed by atoms with Crippen molar-refractivity contribution in [3.05, 3.63) is 60.2 Å². The molecule has 4 heteroatoms. The fraction of sp³-hybridized carbons (Fsp3) is 0.316. The maximum absolute atomic E-state index is 11.2. The summed E-state index contributed by atoms with van der Waals surface area (Å²) in [6, 6.07) is 17.7. The number of carboxylic acids is 1. The van der Waals surface area contributed by atoms with E-state index in [1.54, 1.807) is 0 Å². The van der Waals surface area contributed by atoms with Crippen LogP contribution in [-0.2, 0) is 11.3 Å². The Labute approximate surface area is 136 Å². The van der Waals surface area contributed by atoms with Gasteiger partial charge in [-0.25, -0.2) is 0 Å². The van der Waals surface area contributed by atoms with Gasteiger partial charge >= 0.3 is 5.97 Å². The zero-order valence-corrected chi connectivity index (χ0v) is 13.2. The predicted molar refractivity (Wildman–Crippen MR) is 88.5 cm³/mol. The number of ether oxygens (including phenoxy) is 1. The minimum Gasteiger partial charge on any atom is -0.481 e. The van der Waals surface area contributed by atoms with Gasteiger partial charge < -0.3 is 9.84 Å². The maximum atomic E-state index is 11.2. The third-order valence-electron chi connectivity index (χ3n) is 4.29. The molecule has 0 radical (unpaired) electrons. The van der Waals surface area contributed by atoms with Crippen LogP contribution in [0.25, 0.3) is 0 Å². The summed E-state index contributed by atoms with van der Waals surface area (Å²) in [6.45, 7) is 4.19. The van der Waals surface area contributed by atoms with Gasteiger partial charge in [0.05, 0.1) is 5.92 Å². The fourth-order valence-corrected chi connectivity index (χ4v) is 3.11. The second-order valence-electron chi connectivity index (χ2n) is 6.18. The molecule has 0 spiro atoms. The number of para-hydroxylation sites is 1. The van der Waals surface area contributed by atoms with E-state index in [0.29, 0.717) is 6.54 Å². The lowest BCUT2D eigenvalue weighted by molar-refractivity contribution is -0.142. The summed E-state index contributed by atoms with van der Waals surface area (Å²) in [5, 5.41) is 9.23. The summed E-state index contributed by atoms with van der Waals surface area (Å²) in [6.07, 6.45) is 0. The van der Waals surface area contributed by atoms with Crippen molar-refractivity contribution in [1.29, 1.82) is 0 Å². The topological polar surface area (TPSA) is 49.8 Å².